The first-order chi connectivity index (χ1) is 8.94. The van der Waals surface area contributed by atoms with E-state index in [-0.39, 0.29) is 5.56 Å². The van der Waals surface area contributed by atoms with Crippen molar-refractivity contribution in [2.24, 2.45) is 17.3 Å². The van der Waals surface area contributed by atoms with Crippen LogP contribution >= 0.6 is 0 Å². The molecule has 2 rings (SSSR count). The van der Waals surface area contributed by atoms with E-state index in [0.29, 0.717) is 23.1 Å². The molecule has 4 heteroatoms. The molecule has 0 radical (unpaired) electrons. The molecule has 1 heterocycles. The number of rotatable bonds is 6. The maximum absolute atomic E-state index is 12.2. The van der Waals surface area contributed by atoms with Crippen molar-refractivity contribution in [2.75, 3.05) is 11.9 Å². The molecule has 0 aromatic carbocycles. The smallest absolute Gasteiger partial charge is 0.293 e. The molecular formula is C15H25N3O. The minimum absolute atomic E-state index is 0.00393. The van der Waals surface area contributed by atoms with Gasteiger partial charge in [0.05, 0.1) is 0 Å². The number of hydrogen-bond acceptors (Lipinski definition) is 3. The van der Waals surface area contributed by atoms with Crippen LogP contribution in [0.4, 0.5) is 5.82 Å². The summed E-state index contributed by atoms with van der Waals surface area (Å²) in [6, 6.07) is 0. The van der Waals surface area contributed by atoms with Gasteiger partial charge in [-0.2, -0.15) is 0 Å². The van der Waals surface area contributed by atoms with Crippen molar-refractivity contribution in [1.82, 2.24) is 9.55 Å². The summed E-state index contributed by atoms with van der Waals surface area (Å²) in [5.74, 6) is 1.61. The van der Waals surface area contributed by atoms with Crippen molar-refractivity contribution in [1.29, 1.82) is 0 Å². The summed E-state index contributed by atoms with van der Waals surface area (Å²) in [6.07, 6.45) is 5.99. The van der Waals surface area contributed by atoms with Crippen LogP contribution in [0.3, 0.4) is 0 Å². The van der Waals surface area contributed by atoms with E-state index in [0.717, 1.165) is 13.1 Å². The lowest BCUT2D eigenvalue weighted by Gasteiger charge is -2.20. The molecule has 19 heavy (non-hydrogen) atoms. The first-order valence-electron chi connectivity index (χ1n) is 7.24. The van der Waals surface area contributed by atoms with Gasteiger partial charge in [0.25, 0.3) is 5.56 Å². The third-order valence-corrected chi connectivity index (χ3v) is 4.20. The molecule has 1 aromatic rings. The van der Waals surface area contributed by atoms with Gasteiger partial charge in [-0.25, -0.2) is 4.98 Å². The quantitative estimate of drug-likeness (QED) is 0.858. The molecule has 0 unspecified atom stereocenters. The van der Waals surface area contributed by atoms with Crippen molar-refractivity contribution in [2.45, 2.75) is 47.1 Å². The fourth-order valence-corrected chi connectivity index (χ4v) is 2.48. The molecule has 4 nitrogen and oxygen atoms in total. The summed E-state index contributed by atoms with van der Waals surface area (Å²) < 4.78 is 1.74. The zero-order valence-corrected chi connectivity index (χ0v) is 12.4. The van der Waals surface area contributed by atoms with Crippen LogP contribution in [-0.2, 0) is 6.54 Å². The third-order valence-electron chi connectivity index (χ3n) is 4.20. The second-order valence-corrected chi connectivity index (χ2v) is 6.50. The van der Waals surface area contributed by atoms with E-state index in [4.69, 9.17) is 0 Å². The van der Waals surface area contributed by atoms with E-state index in [2.05, 4.69) is 38.0 Å². The van der Waals surface area contributed by atoms with Crippen LogP contribution in [0.15, 0.2) is 17.2 Å². The Morgan fingerprint density at radius 2 is 2.05 bits per heavy atom. The average Bonchev–Trinajstić information content (AvgIpc) is 3.11. The van der Waals surface area contributed by atoms with E-state index < -0.39 is 0 Å². The van der Waals surface area contributed by atoms with E-state index in [1.165, 1.54) is 12.8 Å². The van der Waals surface area contributed by atoms with E-state index in [1.807, 2.05) is 0 Å². The van der Waals surface area contributed by atoms with Crippen molar-refractivity contribution >= 4 is 5.82 Å². The van der Waals surface area contributed by atoms with Gasteiger partial charge in [0.1, 0.15) is 0 Å². The average molecular weight is 263 g/mol. The summed E-state index contributed by atoms with van der Waals surface area (Å²) in [5.41, 5.74) is 0.378. The highest BCUT2D eigenvalue weighted by atomic mass is 16.1. The van der Waals surface area contributed by atoms with Crippen molar-refractivity contribution in [3.8, 4) is 0 Å². The lowest BCUT2D eigenvalue weighted by molar-refractivity contribution is 0.379. The molecule has 106 valence electrons. The molecule has 1 N–H and O–H groups in total. The molecule has 0 saturated heterocycles. The second kappa shape index (κ2) is 5.35. The van der Waals surface area contributed by atoms with Gasteiger partial charge in [-0.1, -0.05) is 27.7 Å². The van der Waals surface area contributed by atoms with Gasteiger partial charge in [-0.05, 0) is 30.1 Å². The van der Waals surface area contributed by atoms with E-state index >= 15 is 0 Å². The molecule has 0 aliphatic heterocycles. The number of aromatic nitrogens is 2. The predicted octanol–water partition coefficient (Wildman–Crippen LogP) is 2.75. The molecule has 0 bridgehead atoms. The van der Waals surface area contributed by atoms with Crippen molar-refractivity contribution in [3.05, 3.63) is 22.7 Å². The lowest BCUT2D eigenvalue weighted by atomic mass is 9.92. The van der Waals surface area contributed by atoms with E-state index in [1.54, 1.807) is 17.0 Å². The number of anilines is 1. The van der Waals surface area contributed by atoms with Crippen molar-refractivity contribution < 1.29 is 0 Å². The Balaban J connectivity index is 2.07. The maximum atomic E-state index is 12.2. The fourth-order valence-electron chi connectivity index (χ4n) is 2.48. The minimum Gasteiger partial charge on any atom is -0.365 e. The van der Waals surface area contributed by atoms with Gasteiger partial charge in [0.2, 0.25) is 0 Å². The Morgan fingerprint density at radius 1 is 1.37 bits per heavy atom. The summed E-state index contributed by atoms with van der Waals surface area (Å²) in [5, 5.41) is 3.27. The third kappa shape index (κ3) is 3.17. The molecule has 1 aromatic heterocycles. The normalized spacial score (nSPS) is 16.9. The molecule has 1 fully saturated rings. The minimum atomic E-state index is -0.00393. The SMILES string of the molecule is CC(C)Cn1ccnc(NCC2(C(C)C)CC2)c1=O. The molecule has 1 aliphatic carbocycles. The van der Waals surface area contributed by atoms with Crippen LogP contribution in [0.2, 0.25) is 0 Å². The van der Waals surface area contributed by atoms with E-state index in [9.17, 15) is 4.79 Å². The van der Waals surface area contributed by atoms with Crippen LogP contribution < -0.4 is 10.9 Å². The van der Waals surface area contributed by atoms with Gasteiger partial charge in [0, 0.05) is 25.5 Å². The predicted molar refractivity (Wildman–Crippen MR) is 78.3 cm³/mol. The monoisotopic (exact) mass is 263 g/mol. The Kier molecular flexibility index (Phi) is 3.97. The highest BCUT2D eigenvalue weighted by molar-refractivity contribution is 5.32. The molecule has 0 amide bonds. The Bertz CT molecular complexity index is 486. The second-order valence-electron chi connectivity index (χ2n) is 6.50. The van der Waals surface area contributed by atoms with Crippen LogP contribution in [0, 0.1) is 17.3 Å². The molecule has 0 atom stereocenters. The topological polar surface area (TPSA) is 46.9 Å². The highest BCUT2D eigenvalue weighted by Gasteiger charge is 2.45. The first-order valence-corrected chi connectivity index (χ1v) is 7.24. The molecule has 1 saturated carbocycles. The van der Waals surface area contributed by atoms with Crippen LogP contribution in [0.5, 0.6) is 0 Å². The number of hydrogen-bond donors (Lipinski definition) is 1. The molecule has 1 aliphatic rings. The van der Waals surface area contributed by atoms with Gasteiger partial charge >= 0.3 is 0 Å². The van der Waals surface area contributed by atoms with Crippen LogP contribution in [0.25, 0.3) is 0 Å². The Morgan fingerprint density at radius 3 is 2.58 bits per heavy atom. The largest absolute Gasteiger partial charge is 0.365 e. The fraction of sp³-hybridized carbons (Fsp3) is 0.733. The number of nitrogens with zero attached hydrogens (tertiary/aromatic N) is 2. The Labute approximate surface area is 115 Å². The highest BCUT2D eigenvalue weighted by Crippen LogP contribution is 2.51. The van der Waals surface area contributed by atoms with Crippen molar-refractivity contribution in [3.63, 3.8) is 0 Å². The maximum Gasteiger partial charge on any atom is 0.293 e. The summed E-state index contributed by atoms with van der Waals surface area (Å²) in [6.45, 7) is 10.3. The summed E-state index contributed by atoms with van der Waals surface area (Å²) in [4.78, 5) is 16.4. The van der Waals surface area contributed by atoms with Gasteiger partial charge in [0.15, 0.2) is 5.82 Å². The zero-order chi connectivity index (χ0) is 14.0. The van der Waals surface area contributed by atoms with Gasteiger partial charge < -0.3 is 9.88 Å². The zero-order valence-electron chi connectivity index (χ0n) is 12.4. The Hall–Kier alpha value is -1.32. The van der Waals surface area contributed by atoms with Gasteiger partial charge in [-0.15, -0.1) is 0 Å². The summed E-state index contributed by atoms with van der Waals surface area (Å²) in [7, 11) is 0. The van der Waals surface area contributed by atoms with Crippen LogP contribution in [-0.4, -0.2) is 16.1 Å². The number of nitrogens with one attached hydrogen (secondary N) is 1. The first kappa shape index (κ1) is 14.1. The lowest BCUT2D eigenvalue weighted by Crippen LogP contribution is -2.29. The van der Waals surface area contributed by atoms with Crippen LogP contribution in [0.1, 0.15) is 40.5 Å². The molecular weight excluding hydrogens is 238 g/mol. The molecule has 0 spiro atoms. The van der Waals surface area contributed by atoms with Gasteiger partial charge in [-0.3, -0.25) is 4.79 Å². The standard InChI is InChI=1S/C15H25N3O/c1-11(2)9-18-8-7-16-13(14(18)19)17-10-15(5-6-15)12(3)4/h7-8,11-12H,5-6,9-10H2,1-4H3,(H,16,17). The summed E-state index contributed by atoms with van der Waals surface area (Å²) >= 11 is 0.